The van der Waals surface area contributed by atoms with Gasteiger partial charge in [0.25, 0.3) is 0 Å². The van der Waals surface area contributed by atoms with Crippen LogP contribution >= 0.6 is 11.3 Å². The Labute approximate surface area is 141 Å². The molecule has 2 N–H and O–H groups in total. The lowest BCUT2D eigenvalue weighted by atomic mass is 10.0. The highest BCUT2D eigenvalue weighted by molar-refractivity contribution is 7.17. The molecule has 2 heterocycles. The van der Waals surface area contributed by atoms with E-state index in [0.717, 1.165) is 23.5 Å². The summed E-state index contributed by atoms with van der Waals surface area (Å²) in [6.07, 6.45) is 6.95. The van der Waals surface area contributed by atoms with Crippen molar-refractivity contribution in [1.29, 1.82) is 0 Å². The van der Waals surface area contributed by atoms with Crippen LogP contribution in [0, 0.1) is 0 Å². The van der Waals surface area contributed by atoms with E-state index in [1.165, 1.54) is 53.1 Å². The number of hydrogen-bond donors (Lipinski definition) is 1. The number of nitrogens with zero attached hydrogens (tertiary/aromatic N) is 2. The summed E-state index contributed by atoms with van der Waals surface area (Å²) in [4.78, 5) is 7.67. The van der Waals surface area contributed by atoms with Gasteiger partial charge in [-0.15, -0.1) is 11.3 Å². The molecular weight excluding hydrogens is 302 g/mol. The highest BCUT2D eigenvalue weighted by atomic mass is 32.1. The third-order valence-electron chi connectivity index (χ3n) is 4.83. The molecule has 3 aromatic rings. The molecule has 2 aromatic heterocycles. The number of nitrogens with two attached hydrogens (primary N) is 1. The van der Waals surface area contributed by atoms with E-state index >= 15 is 0 Å². The maximum absolute atomic E-state index is 5.91. The summed E-state index contributed by atoms with van der Waals surface area (Å²) < 4.78 is 2.41. The van der Waals surface area contributed by atoms with E-state index in [1.807, 2.05) is 11.3 Å². The van der Waals surface area contributed by atoms with Crippen LogP contribution in [-0.4, -0.2) is 15.9 Å². The number of aromatic nitrogens is 2. The standard InChI is InChI=1S/C19H23N3S/c1-2-13-7-9-14(10-8-13)18-16(11-12-20)22-15-5-3-4-6-17(15)23-19(22)21-18/h7-10H,2-6,11-12,20H2,1H3. The molecule has 120 valence electrons. The van der Waals surface area contributed by atoms with Crippen molar-refractivity contribution in [2.24, 2.45) is 5.73 Å². The predicted molar refractivity (Wildman–Crippen MR) is 97.3 cm³/mol. The van der Waals surface area contributed by atoms with Crippen LogP contribution < -0.4 is 5.73 Å². The molecule has 0 saturated carbocycles. The van der Waals surface area contributed by atoms with Crippen molar-refractivity contribution in [2.75, 3.05) is 6.54 Å². The van der Waals surface area contributed by atoms with E-state index in [4.69, 9.17) is 10.7 Å². The third kappa shape index (κ3) is 2.50. The molecule has 0 saturated heterocycles. The number of aryl methyl sites for hydroxylation is 3. The fraction of sp³-hybridized carbons (Fsp3) is 0.421. The molecule has 23 heavy (non-hydrogen) atoms. The molecule has 0 atom stereocenters. The summed E-state index contributed by atoms with van der Waals surface area (Å²) in [6, 6.07) is 8.84. The highest BCUT2D eigenvalue weighted by Crippen LogP contribution is 2.35. The number of imidazole rings is 1. The van der Waals surface area contributed by atoms with Crippen molar-refractivity contribution in [3.8, 4) is 11.3 Å². The van der Waals surface area contributed by atoms with Crippen LogP contribution in [0.15, 0.2) is 24.3 Å². The SMILES string of the molecule is CCc1ccc(-c2nc3sc4c(n3c2CCN)CCCC4)cc1. The van der Waals surface area contributed by atoms with Crippen LogP contribution in [0.5, 0.6) is 0 Å². The first kappa shape index (κ1) is 14.9. The number of hydrogen-bond acceptors (Lipinski definition) is 3. The van der Waals surface area contributed by atoms with Gasteiger partial charge in [-0.1, -0.05) is 31.2 Å². The van der Waals surface area contributed by atoms with E-state index < -0.39 is 0 Å². The van der Waals surface area contributed by atoms with Crippen LogP contribution in [0.25, 0.3) is 16.2 Å². The molecule has 4 rings (SSSR count). The number of fused-ring (bicyclic) bond motifs is 3. The quantitative estimate of drug-likeness (QED) is 0.788. The first-order valence-corrected chi connectivity index (χ1v) is 9.44. The molecule has 0 amide bonds. The Morgan fingerprint density at radius 2 is 1.96 bits per heavy atom. The Kier molecular flexibility index (Phi) is 3.95. The lowest BCUT2D eigenvalue weighted by molar-refractivity contribution is 0.669. The summed E-state index contributed by atoms with van der Waals surface area (Å²) in [6.45, 7) is 2.85. The molecule has 0 fully saturated rings. The second-order valence-electron chi connectivity index (χ2n) is 6.29. The molecule has 0 unspecified atom stereocenters. The molecule has 0 aliphatic heterocycles. The van der Waals surface area contributed by atoms with Gasteiger partial charge in [0.05, 0.1) is 11.4 Å². The van der Waals surface area contributed by atoms with Crippen molar-refractivity contribution in [2.45, 2.75) is 45.4 Å². The molecule has 0 bridgehead atoms. The van der Waals surface area contributed by atoms with Crippen molar-refractivity contribution in [1.82, 2.24) is 9.38 Å². The molecule has 1 aliphatic carbocycles. The Hall–Kier alpha value is -1.65. The topological polar surface area (TPSA) is 43.3 Å². The molecule has 4 heteroatoms. The van der Waals surface area contributed by atoms with Crippen LogP contribution in [0.2, 0.25) is 0 Å². The average Bonchev–Trinajstić information content (AvgIpc) is 3.12. The van der Waals surface area contributed by atoms with Crippen molar-refractivity contribution in [3.63, 3.8) is 0 Å². The second-order valence-corrected chi connectivity index (χ2v) is 7.36. The smallest absolute Gasteiger partial charge is 0.194 e. The number of rotatable bonds is 4. The van der Waals surface area contributed by atoms with Gasteiger partial charge in [0.2, 0.25) is 0 Å². The van der Waals surface area contributed by atoms with Gasteiger partial charge in [-0.2, -0.15) is 0 Å². The zero-order valence-corrected chi connectivity index (χ0v) is 14.5. The Morgan fingerprint density at radius 1 is 1.17 bits per heavy atom. The van der Waals surface area contributed by atoms with Gasteiger partial charge in [-0.25, -0.2) is 4.98 Å². The minimum atomic E-state index is 0.665. The molecule has 3 nitrogen and oxygen atoms in total. The first-order chi connectivity index (χ1) is 11.3. The van der Waals surface area contributed by atoms with Crippen LogP contribution in [0.1, 0.15) is 41.6 Å². The second kappa shape index (κ2) is 6.10. The van der Waals surface area contributed by atoms with Crippen LogP contribution in [0.3, 0.4) is 0 Å². The predicted octanol–water partition coefficient (Wildman–Crippen LogP) is 4.01. The first-order valence-electron chi connectivity index (χ1n) is 8.63. The van der Waals surface area contributed by atoms with Gasteiger partial charge in [0.1, 0.15) is 0 Å². The maximum Gasteiger partial charge on any atom is 0.194 e. The van der Waals surface area contributed by atoms with E-state index in [1.54, 1.807) is 0 Å². The fourth-order valence-corrected chi connectivity index (χ4v) is 4.82. The van der Waals surface area contributed by atoms with Gasteiger partial charge in [-0.3, -0.25) is 4.40 Å². The Balaban J connectivity index is 1.88. The normalized spacial score (nSPS) is 14.3. The zero-order valence-electron chi connectivity index (χ0n) is 13.6. The lowest BCUT2D eigenvalue weighted by Crippen LogP contribution is -2.09. The minimum Gasteiger partial charge on any atom is -0.330 e. The Bertz CT molecular complexity index is 827. The van der Waals surface area contributed by atoms with E-state index in [-0.39, 0.29) is 0 Å². The van der Waals surface area contributed by atoms with Crippen molar-refractivity contribution >= 4 is 16.3 Å². The zero-order chi connectivity index (χ0) is 15.8. The summed E-state index contributed by atoms with van der Waals surface area (Å²) >= 11 is 1.87. The monoisotopic (exact) mass is 325 g/mol. The summed E-state index contributed by atoms with van der Waals surface area (Å²) in [5.74, 6) is 0. The fourth-order valence-electron chi connectivity index (χ4n) is 3.59. The van der Waals surface area contributed by atoms with Gasteiger partial charge in [0, 0.05) is 22.6 Å². The summed E-state index contributed by atoms with van der Waals surface area (Å²) in [5, 5.41) is 0. The van der Waals surface area contributed by atoms with E-state index in [2.05, 4.69) is 35.6 Å². The van der Waals surface area contributed by atoms with Gasteiger partial charge in [-0.05, 0) is 44.2 Å². The van der Waals surface area contributed by atoms with Gasteiger partial charge in [0.15, 0.2) is 4.96 Å². The van der Waals surface area contributed by atoms with Gasteiger partial charge >= 0.3 is 0 Å². The lowest BCUT2D eigenvalue weighted by Gasteiger charge is -2.12. The van der Waals surface area contributed by atoms with Gasteiger partial charge < -0.3 is 5.73 Å². The molecule has 1 aliphatic rings. The van der Waals surface area contributed by atoms with Crippen LogP contribution in [0.4, 0.5) is 0 Å². The number of thiazole rings is 1. The van der Waals surface area contributed by atoms with Crippen LogP contribution in [-0.2, 0) is 25.7 Å². The molecular formula is C19H23N3S. The number of benzene rings is 1. The Morgan fingerprint density at radius 3 is 2.70 bits per heavy atom. The average molecular weight is 325 g/mol. The summed E-state index contributed by atoms with van der Waals surface area (Å²) in [5.41, 5.74) is 12.4. The largest absolute Gasteiger partial charge is 0.330 e. The van der Waals surface area contributed by atoms with Crippen molar-refractivity contribution in [3.05, 3.63) is 46.1 Å². The summed E-state index contributed by atoms with van der Waals surface area (Å²) in [7, 11) is 0. The third-order valence-corrected chi connectivity index (χ3v) is 5.98. The van der Waals surface area contributed by atoms with Crippen molar-refractivity contribution < 1.29 is 0 Å². The molecule has 0 radical (unpaired) electrons. The molecule has 0 spiro atoms. The minimum absolute atomic E-state index is 0.665. The highest BCUT2D eigenvalue weighted by Gasteiger charge is 2.22. The maximum atomic E-state index is 5.91. The molecule has 1 aromatic carbocycles. The van der Waals surface area contributed by atoms with E-state index in [9.17, 15) is 0 Å². The van der Waals surface area contributed by atoms with E-state index in [0.29, 0.717) is 6.54 Å².